The number of aromatic carboxylic acids is 1. The lowest BCUT2D eigenvalue weighted by atomic mass is 10.1. The van der Waals surface area contributed by atoms with Gasteiger partial charge in [0.2, 0.25) is 0 Å². The quantitative estimate of drug-likeness (QED) is 0.905. The molecule has 1 aliphatic heterocycles. The van der Waals surface area contributed by atoms with Crippen molar-refractivity contribution in [1.29, 1.82) is 0 Å². The first-order valence-electron chi connectivity index (χ1n) is 6.41. The highest BCUT2D eigenvalue weighted by molar-refractivity contribution is 5.87. The van der Waals surface area contributed by atoms with Crippen molar-refractivity contribution in [2.75, 3.05) is 0 Å². The van der Waals surface area contributed by atoms with E-state index in [2.05, 4.69) is 0 Å². The van der Waals surface area contributed by atoms with Crippen molar-refractivity contribution in [1.82, 2.24) is 4.57 Å². The van der Waals surface area contributed by atoms with E-state index >= 15 is 0 Å². The molecule has 5 heteroatoms. The Morgan fingerprint density at radius 3 is 2.79 bits per heavy atom. The summed E-state index contributed by atoms with van der Waals surface area (Å²) in [6.07, 6.45) is 3.41. The predicted molar refractivity (Wildman–Crippen MR) is 70.6 cm³/mol. The summed E-state index contributed by atoms with van der Waals surface area (Å²) in [5, 5.41) is 8.98. The van der Waals surface area contributed by atoms with Gasteiger partial charge in [-0.2, -0.15) is 0 Å². The zero-order valence-electron chi connectivity index (χ0n) is 11.5. The van der Waals surface area contributed by atoms with E-state index in [1.54, 1.807) is 11.5 Å². The fraction of sp³-hybridized carbons (Fsp3) is 0.571. The molecule has 1 unspecified atom stereocenters. The molecule has 19 heavy (non-hydrogen) atoms. The van der Waals surface area contributed by atoms with Gasteiger partial charge in [-0.1, -0.05) is 0 Å². The molecule has 0 saturated carbocycles. The predicted octanol–water partition coefficient (Wildman–Crippen LogP) is 1.81. The molecule has 0 bridgehead atoms. The molecule has 1 aromatic rings. The summed E-state index contributed by atoms with van der Waals surface area (Å²) in [6, 6.07) is 1.36. The largest absolute Gasteiger partial charge is 0.477 e. The van der Waals surface area contributed by atoms with Crippen LogP contribution in [0.5, 0.6) is 0 Å². The van der Waals surface area contributed by atoms with Crippen molar-refractivity contribution in [3.05, 3.63) is 33.7 Å². The average molecular weight is 265 g/mol. The van der Waals surface area contributed by atoms with E-state index < -0.39 is 11.4 Å². The van der Waals surface area contributed by atoms with Crippen LogP contribution in [0.2, 0.25) is 0 Å². The molecular formula is C14H19NO4. The minimum atomic E-state index is -1.19. The van der Waals surface area contributed by atoms with Crippen LogP contribution in [0, 0.1) is 6.92 Å². The summed E-state index contributed by atoms with van der Waals surface area (Å²) >= 11 is 0. The summed E-state index contributed by atoms with van der Waals surface area (Å²) in [4.78, 5) is 22.5. The van der Waals surface area contributed by atoms with Crippen LogP contribution in [0.25, 0.3) is 0 Å². The highest BCUT2D eigenvalue weighted by Crippen LogP contribution is 2.30. The van der Waals surface area contributed by atoms with Gasteiger partial charge < -0.3 is 14.4 Å². The first-order chi connectivity index (χ1) is 8.78. The van der Waals surface area contributed by atoms with E-state index in [4.69, 9.17) is 9.84 Å². The van der Waals surface area contributed by atoms with Crippen LogP contribution in [0.4, 0.5) is 0 Å². The first kappa shape index (κ1) is 13.8. The molecule has 1 fully saturated rings. The molecule has 0 radical (unpaired) electrons. The molecule has 1 N–H and O–H groups in total. The second-order valence-electron chi connectivity index (χ2n) is 5.69. The second-order valence-corrected chi connectivity index (χ2v) is 5.69. The molecule has 5 nitrogen and oxygen atoms in total. The fourth-order valence-electron chi connectivity index (χ4n) is 2.45. The number of carboxylic acids is 1. The van der Waals surface area contributed by atoms with Crippen LogP contribution in [-0.2, 0) is 11.3 Å². The molecule has 2 rings (SSSR count). The van der Waals surface area contributed by atoms with Crippen molar-refractivity contribution in [2.45, 2.75) is 51.9 Å². The molecule has 0 amide bonds. The van der Waals surface area contributed by atoms with Crippen LogP contribution in [0.3, 0.4) is 0 Å². The molecule has 1 atom stereocenters. The number of pyridine rings is 1. The van der Waals surface area contributed by atoms with Crippen molar-refractivity contribution in [2.24, 2.45) is 0 Å². The molecular weight excluding hydrogens is 246 g/mol. The Kier molecular flexibility index (Phi) is 3.49. The summed E-state index contributed by atoms with van der Waals surface area (Å²) in [5.41, 5.74) is -0.00663. The van der Waals surface area contributed by atoms with E-state index in [0.29, 0.717) is 6.54 Å². The molecule has 0 aromatic carbocycles. The van der Waals surface area contributed by atoms with Crippen molar-refractivity contribution >= 4 is 5.97 Å². The maximum absolute atomic E-state index is 11.5. The molecule has 0 aliphatic carbocycles. The van der Waals surface area contributed by atoms with Gasteiger partial charge in [0.05, 0.1) is 11.7 Å². The van der Waals surface area contributed by atoms with Crippen molar-refractivity contribution in [3.63, 3.8) is 0 Å². The fourth-order valence-corrected chi connectivity index (χ4v) is 2.45. The van der Waals surface area contributed by atoms with Gasteiger partial charge in [-0.25, -0.2) is 4.79 Å². The van der Waals surface area contributed by atoms with E-state index in [-0.39, 0.29) is 17.3 Å². The van der Waals surface area contributed by atoms with Gasteiger partial charge in [0.15, 0.2) is 5.43 Å². The number of rotatable bonds is 3. The van der Waals surface area contributed by atoms with Gasteiger partial charge in [-0.05, 0) is 33.6 Å². The van der Waals surface area contributed by atoms with Crippen LogP contribution in [0.15, 0.2) is 17.1 Å². The highest BCUT2D eigenvalue weighted by Gasteiger charge is 2.31. The summed E-state index contributed by atoms with van der Waals surface area (Å²) in [6.45, 7) is 6.48. The van der Waals surface area contributed by atoms with Gasteiger partial charge >= 0.3 is 5.97 Å². The van der Waals surface area contributed by atoms with Crippen molar-refractivity contribution < 1.29 is 14.6 Å². The van der Waals surface area contributed by atoms with Gasteiger partial charge in [-0.15, -0.1) is 0 Å². The Bertz CT molecular complexity index is 559. The number of hydrogen-bond donors (Lipinski definition) is 1. The van der Waals surface area contributed by atoms with E-state index in [1.807, 2.05) is 13.8 Å². The minimum absolute atomic E-state index is 0.0675. The molecule has 0 spiro atoms. The Hall–Kier alpha value is -1.62. The average Bonchev–Trinajstić information content (AvgIpc) is 2.61. The smallest absolute Gasteiger partial charge is 0.341 e. The van der Waals surface area contributed by atoms with Crippen LogP contribution in [-0.4, -0.2) is 27.3 Å². The number of ether oxygens (including phenoxy) is 1. The van der Waals surface area contributed by atoms with E-state index in [9.17, 15) is 9.59 Å². The minimum Gasteiger partial charge on any atom is -0.477 e. The summed E-state index contributed by atoms with van der Waals surface area (Å²) in [5.74, 6) is -1.19. The Morgan fingerprint density at radius 1 is 1.58 bits per heavy atom. The highest BCUT2D eigenvalue weighted by atomic mass is 16.5. The van der Waals surface area contributed by atoms with Crippen molar-refractivity contribution in [3.8, 4) is 0 Å². The Morgan fingerprint density at radius 2 is 2.26 bits per heavy atom. The maximum atomic E-state index is 11.5. The van der Waals surface area contributed by atoms with Crippen LogP contribution < -0.4 is 5.43 Å². The Labute approximate surface area is 111 Å². The molecule has 1 saturated heterocycles. The van der Waals surface area contributed by atoms with E-state index in [1.165, 1.54) is 12.3 Å². The lowest BCUT2D eigenvalue weighted by molar-refractivity contribution is -0.0219. The number of carbonyl (C=O) groups is 1. The molecule has 1 aromatic heterocycles. The molecule has 1 aliphatic rings. The molecule has 104 valence electrons. The number of carboxylic acid groups (broad SMARTS) is 1. The van der Waals surface area contributed by atoms with Crippen LogP contribution >= 0.6 is 0 Å². The summed E-state index contributed by atoms with van der Waals surface area (Å²) < 4.78 is 7.68. The summed E-state index contributed by atoms with van der Waals surface area (Å²) in [7, 11) is 0. The Balaban J connectivity index is 2.24. The molecule has 2 heterocycles. The van der Waals surface area contributed by atoms with Gasteiger partial charge in [0.1, 0.15) is 5.56 Å². The zero-order valence-corrected chi connectivity index (χ0v) is 11.5. The lowest BCUT2D eigenvalue weighted by Crippen LogP contribution is -2.25. The van der Waals surface area contributed by atoms with Gasteiger partial charge in [-0.3, -0.25) is 4.79 Å². The normalized spacial score (nSPS) is 21.5. The number of aryl methyl sites for hydroxylation is 1. The lowest BCUT2D eigenvalue weighted by Gasteiger charge is -2.21. The maximum Gasteiger partial charge on any atom is 0.341 e. The number of nitrogens with zero attached hydrogens (tertiary/aromatic N) is 1. The number of aromatic nitrogens is 1. The van der Waals surface area contributed by atoms with Crippen LogP contribution in [0.1, 0.15) is 42.7 Å². The topological polar surface area (TPSA) is 68.5 Å². The number of hydrogen-bond acceptors (Lipinski definition) is 3. The monoisotopic (exact) mass is 265 g/mol. The first-order valence-corrected chi connectivity index (χ1v) is 6.41. The van der Waals surface area contributed by atoms with Gasteiger partial charge in [0.25, 0.3) is 0 Å². The SMILES string of the molecule is Cc1cc(=O)c(C(=O)O)cn1CC1CCC(C)(C)O1. The second kappa shape index (κ2) is 4.81. The van der Waals surface area contributed by atoms with E-state index in [0.717, 1.165) is 18.5 Å². The standard InChI is InChI=1S/C14H19NO4/c1-9-6-12(16)11(13(17)18)8-15(9)7-10-4-5-14(2,3)19-10/h6,8,10H,4-5,7H2,1-3H3,(H,17,18). The third-order valence-corrected chi connectivity index (χ3v) is 3.53. The third kappa shape index (κ3) is 3.04. The zero-order chi connectivity index (χ0) is 14.2. The van der Waals surface area contributed by atoms with Gasteiger partial charge in [0, 0.05) is 24.5 Å². The third-order valence-electron chi connectivity index (χ3n) is 3.53.